The second-order valence-electron chi connectivity index (χ2n) is 6.59. The van der Waals surface area contributed by atoms with Crippen molar-refractivity contribution in [2.45, 2.75) is 23.0 Å². The van der Waals surface area contributed by atoms with Crippen LogP contribution in [0.1, 0.15) is 17.0 Å². The summed E-state index contributed by atoms with van der Waals surface area (Å²) >= 11 is 6.03. The number of sulfone groups is 1. The topological polar surface area (TPSA) is 80.7 Å². The molecule has 0 unspecified atom stereocenters. The van der Waals surface area contributed by atoms with E-state index in [1.807, 2.05) is 6.92 Å². The molecule has 0 aliphatic heterocycles. The molecule has 26 heavy (non-hydrogen) atoms. The predicted molar refractivity (Wildman–Crippen MR) is 98.3 cm³/mol. The normalized spacial score (nSPS) is 25.0. The van der Waals surface area contributed by atoms with Crippen molar-refractivity contribution in [1.82, 2.24) is 0 Å². The molecule has 7 heteroatoms. The number of methoxy groups -OCH3 is 1. The molecule has 0 heterocycles. The average Bonchev–Trinajstić information content (AvgIpc) is 3.27. The molecule has 1 saturated carbocycles. The zero-order chi connectivity index (χ0) is 19.1. The largest absolute Gasteiger partial charge is 0.481 e. The number of carboxylic acids is 1. The highest BCUT2D eigenvalue weighted by atomic mass is 35.5. The molecular formula is C19H19ClO5S. The van der Waals surface area contributed by atoms with Crippen LogP contribution in [0.5, 0.6) is 0 Å². The second kappa shape index (κ2) is 6.68. The van der Waals surface area contributed by atoms with Gasteiger partial charge < -0.3 is 9.84 Å². The number of carbonyl (C=O) groups is 1. The second-order valence-corrected chi connectivity index (χ2v) is 9.10. The fourth-order valence-corrected chi connectivity index (χ4v) is 6.19. The van der Waals surface area contributed by atoms with E-state index in [1.165, 1.54) is 19.2 Å². The number of carboxylic acid groups (broad SMARTS) is 1. The van der Waals surface area contributed by atoms with Crippen molar-refractivity contribution in [3.05, 3.63) is 64.7 Å². The number of ether oxygens (including phenoxy) is 1. The molecule has 0 spiro atoms. The first-order valence-corrected chi connectivity index (χ1v) is 9.96. The molecule has 0 saturated heterocycles. The molecule has 3 atom stereocenters. The molecule has 1 fully saturated rings. The third-order valence-electron chi connectivity index (χ3n) is 4.93. The van der Waals surface area contributed by atoms with Gasteiger partial charge in [0, 0.05) is 18.1 Å². The Morgan fingerprint density at radius 3 is 2.42 bits per heavy atom. The van der Waals surface area contributed by atoms with E-state index in [1.54, 1.807) is 36.4 Å². The van der Waals surface area contributed by atoms with E-state index in [0.717, 1.165) is 5.56 Å². The third-order valence-corrected chi connectivity index (χ3v) is 7.45. The summed E-state index contributed by atoms with van der Waals surface area (Å²) in [7, 11) is -2.50. The monoisotopic (exact) mass is 394 g/mol. The number of aliphatic carboxylic acids is 1. The van der Waals surface area contributed by atoms with Crippen molar-refractivity contribution < 1.29 is 23.1 Å². The van der Waals surface area contributed by atoms with Gasteiger partial charge in [-0.2, -0.15) is 0 Å². The van der Waals surface area contributed by atoms with Crippen LogP contribution in [0.25, 0.3) is 0 Å². The number of hydrogen-bond donors (Lipinski definition) is 1. The van der Waals surface area contributed by atoms with E-state index in [9.17, 15) is 18.3 Å². The third kappa shape index (κ3) is 2.92. The van der Waals surface area contributed by atoms with E-state index in [2.05, 4.69) is 0 Å². The van der Waals surface area contributed by atoms with Gasteiger partial charge in [0.2, 0.25) is 0 Å². The molecule has 2 aromatic rings. The highest BCUT2D eigenvalue weighted by Crippen LogP contribution is 2.64. The Bertz CT molecular complexity index is 939. The maximum absolute atomic E-state index is 13.2. The average molecular weight is 395 g/mol. The zero-order valence-corrected chi connectivity index (χ0v) is 15.9. The van der Waals surface area contributed by atoms with Crippen LogP contribution in [0.2, 0.25) is 5.02 Å². The quantitative estimate of drug-likeness (QED) is 0.812. The minimum atomic E-state index is -3.87. The fourth-order valence-electron chi connectivity index (χ4n) is 3.63. The summed E-state index contributed by atoms with van der Waals surface area (Å²) in [5.74, 6) is -1.92. The van der Waals surface area contributed by atoms with Crippen molar-refractivity contribution >= 4 is 27.4 Å². The Morgan fingerprint density at radius 2 is 1.88 bits per heavy atom. The van der Waals surface area contributed by atoms with Crippen molar-refractivity contribution in [3.8, 4) is 0 Å². The predicted octanol–water partition coefficient (Wildman–Crippen LogP) is 3.31. The van der Waals surface area contributed by atoms with Gasteiger partial charge >= 0.3 is 5.97 Å². The Morgan fingerprint density at radius 1 is 1.23 bits per heavy atom. The molecular weight excluding hydrogens is 376 g/mol. The first-order valence-electron chi connectivity index (χ1n) is 8.03. The lowest BCUT2D eigenvalue weighted by molar-refractivity contribution is -0.145. The van der Waals surface area contributed by atoms with Crippen LogP contribution in [-0.4, -0.2) is 38.5 Å². The van der Waals surface area contributed by atoms with Gasteiger partial charge in [-0.3, -0.25) is 4.79 Å². The Kier molecular flexibility index (Phi) is 4.86. The van der Waals surface area contributed by atoms with Crippen molar-refractivity contribution in [2.24, 2.45) is 5.41 Å². The van der Waals surface area contributed by atoms with Crippen molar-refractivity contribution in [2.75, 3.05) is 13.7 Å². The van der Waals surface area contributed by atoms with E-state index >= 15 is 0 Å². The summed E-state index contributed by atoms with van der Waals surface area (Å²) in [6, 6.07) is 13.1. The molecule has 138 valence electrons. The lowest BCUT2D eigenvalue weighted by atomic mass is 10.00. The Hall–Kier alpha value is -1.89. The highest BCUT2D eigenvalue weighted by Gasteiger charge is 2.76. The lowest BCUT2D eigenvalue weighted by Crippen LogP contribution is -2.28. The standard InChI is InChI=1S/C19H19ClO5S/c1-12-6-8-15(9-7-12)26(23,24)17-16(13-4-3-5-14(20)10-13)19(17,11-25-2)18(21)22/h3-10,16-17H,11H2,1-2H3,(H,21,22)/t16-,17+,19-/m0/s1. The molecule has 3 rings (SSSR count). The van der Waals surface area contributed by atoms with E-state index in [0.29, 0.717) is 10.6 Å². The molecule has 2 aromatic carbocycles. The van der Waals surface area contributed by atoms with Gasteiger partial charge in [0.25, 0.3) is 0 Å². The van der Waals surface area contributed by atoms with Gasteiger partial charge in [-0.25, -0.2) is 8.42 Å². The summed E-state index contributed by atoms with van der Waals surface area (Å²) < 4.78 is 31.5. The molecule has 0 aromatic heterocycles. The molecule has 0 bridgehead atoms. The Labute approximate surface area is 157 Å². The van der Waals surface area contributed by atoms with Crippen LogP contribution >= 0.6 is 11.6 Å². The number of benzene rings is 2. The van der Waals surface area contributed by atoms with E-state index in [-0.39, 0.29) is 11.5 Å². The van der Waals surface area contributed by atoms with Crippen LogP contribution in [0.3, 0.4) is 0 Å². The van der Waals surface area contributed by atoms with Crippen LogP contribution in [0.15, 0.2) is 53.4 Å². The van der Waals surface area contributed by atoms with Gasteiger partial charge in [-0.15, -0.1) is 0 Å². The molecule has 1 N–H and O–H groups in total. The summed E-state index contributed by atoms with van der Waals surface area (Å²) in [5.41, 5.74) is -0.0338. The summed E-state index contributed by atoms with van der Waals surface area (Å²) in [5, 5.41) is 9.19. The van der Waals surface area contributed by atoms with Gasteiger partial charge in [0.1, 0.15) is 5.41 Å². The molecule has 5 nitrogen and oxygen atoms in total. The number of hydrogen-bond acceptors (Lipinski definition) is 4. The van der Waals surface area contributed by atoms with E-state index < -0.39 is 32.4 Å². The first kappa shape index (κ1) is 18.9. The number of aryl methyl sites for hydroxylation is 1. The minimum Gasteiger partial charge on any atom is -0.481 e. The van der Waals surface area contributed by atoms with Crippen LogP contribution in [0, 0.1) is 12.3 Å². The van der Waals surface area contributed by atoms with Crippen molar-refractivity contribution in [3.63, 3.8) is 0 Å². The number of rotatable bonds is 6. The van der Waals surface area contributed by atoms with Gasteiger partial charge in [0.05, 0.1) is 16.8 Å². The van der Waals surface area contributed by atoms with Crippen LogP contribution < -0.4 is 0 Å². The SMILES string of the molecule is COC[C@@]1(C(=O)O)[C@H](S(=O)(=O)c2ccc(C)cc2)[C@@H]1c1cccc(Cl)c1. The number of halogens is 1. The first-order chi connectivity index (χ1) is 12.2. The van der Waals surface area contributed by atoms with E-state index in [4.69, 9.17) is 16.3 Å². The zero-order valence-electron chi connectivity index (χ0n) is 14.3. The van der Waals surface area contributed by atoms with Crippen LogP contribution in [-0.2, 0) is 19.4 Å². The van der Waals surface area contributed by atoms with Crippen LogP contribution in [0.4, 0.5) is 0 Å². The van der Waals surface area contributed by atoms with Gasteiger partial charge in [0.15, 0.2) is 9.84 Å². The maximum atomic E-state index is 13.2. The molecule has 0 radical (unpaired) electrons. The minimum absolute atomic E-state index is 0.111. The maximum Gasteiger partial charge on any atom is 0.314 e. The lowest BCUT2D eigenvalue weighted by Gasteiger charge is -2.12. The summed E-state index contributed by atoms with van der Waals surface area (Å²) in [6.45, 7) is 1.66. The summed E-state index contributed by atoms with van der Waals surface area (Å²) in [4.78, 5) is 12.2. The highest BCUT2D eigenvalue weighted by molar-refractivity contribution is 7.92. The summed E-state index contributed by atoms with van der Waals surface area (Å²) in [6.07, 6.45) is 0. The fraction of sp³-hybridized carbons (Fsp3) is 0.316. The van der Waals surface area contributed by atoms with Gasteiger partial charge in [-0.1, -0.05) is 41.4 Å². The van der Waals surface area contributed by atoms with Gasteiger partial charge in [-0.05, 0) is 36.8 Å². The Balaban J connectivity index is 2.13. The van der Waals surface area contributed by atoms with Crippen molar-refractivity contribution in [1.29, 1.82) is 0 Å². The molecule has 1 aliphatic rings. The molecule has 1 aliphatic carbocycles. The molecule has 0 amide bonds. The smallest absolute Gasteiger partial charge is 0.314 e.